The Bertz CT molecular complexity index is 599. The third-order valence-corrected chi connectivity index (χ3v) is 4.78. The van der Waals surface area contributed by atoms with Gasteiger partial charge in [0.25, 0.3) is 0 Å². The van der Waals surface area contributed by atoms with Gasteiger partial charge in [-0.15, -0.1) is 0 Å². The number of amides is 1. The molecule has 0 unspecified atom stereocenters. The highest BCUT2D eigenvalue weighted by atomic mass is 32.2. The molecular weight excluding hydrogens is 280 g/mol. The Labute approximate surface area is 119 Å². The summed E-state index contributed by atoms with van der Waals surface area (Å²) >= 11 is 0. The number of hydrogen-bond acceptors (Lipinski definition) is 5. The van der Waals surface area contributed by atoms with Crippen molar-refractivity contribution in [3.05, 3.63) is 23.8 Å². The molecule has 1 aromatic rings. The second-order valence-corrected chi connectivity index (χ2v) is 6.76. The molecule has 4 N–H and O–H groups in total. The van der Waals surface area contributed by atoms with Gasteiger partial charge in [-0.3, -0.25) is 4.79 Å². The van der Waals surface area contributed by atoms with Crippen molar-refractivity contribution >= 4 is 21.6 Å². The molecule has 0 fully saturated rings. The summed E-state index contributed by atoms with van der Waals surface area (Å²) in [6, 6.07) is 3.93. The second kappa shape index (κ2) is 6.21. The maximum atomic E-state index is 12.4. The number of hydrogen-bond donors (Lipinski definition) is 2. The van der Waals surface area contributed by atoms with Crippen LogP contribution in [0.5, 0.6) is 0 Å². The van der Waals surface area contributed by atoms with Gasteiger partial charge in [0.1, 0.15) is 4.90 Å². The van der Waals surface area contributed by atoms with E-state index in [0.717, 1.165) is 0 Å². The summed E-state index contributed by atoms with van der Waals surface area (Å²) < 4.78 is 25.9. The van der Waals surface area contributed by atoms with Crippen LogP contribution in [0.15, 0.2) is 23.1 Å². The highest BCUT2D eigenvalue weighted by molar-refractivity contribution is 7.89. The highest BCUT2D eigenvalue weighted by Crippen LogP contribution is 2.22. The molecule has 20 heavy (non-hydrogen) atoms. The summed E-state index contributed by atoms with van der Waals surface area (Å²) in [4.78, 5) is 12.9. The summed E-state index contributed by atoms with van der Waals surface area (Å²) in [6.07, 6.45) is 0. The number of rotatable bonds is 6. The van der Waals surface area contributed by atoms with Crippen LogP contribution in [0.2, 0.25) is 0 Å². The minimum absolute atomic E-state index is 0.0120. The molecule has 1 aromatic carbocycles. The van der Waals surface area contributed by atoms with Gasteiger partial charge >= 0.3 is 0 Å². The summed E-state index contributed by atoms with van der Waals surface area (Å²) in [6.45, 7) is 0.932. The fourth-order valence-corrected chi connectivity index (χ4v) is 2.82. The van der Waals surface area contributed by atoms with E-state index in [1.165, 1.54) is 29.6 Å². The first-order chi connectivity index (χ1) is 9.16. The lowest BCUT2D eigenvalue weighted by Gasteiger charge is -2.20. The molecule has 0 aliphatic rings. The molecular formula is C12H20N4O3S. The fourth-order valence-electron chi connectivity index (χ4n) is 1.57. The summed E-state index contributed by atoms with van der Waals surface area (Å²) in [5.41, 5.74) is 11.0. The monoisotopic (exact) mass is 300 g/mol. The third-order valence-electron chi connectivity index (χ3n) is 2.84. The van der Waals surface area contributed by atoms with Gasteiger partial charge in [-0.05, 0) is 32.3 Å². The van der Waals surface area contributed by atoms with Crippen LogP contribution in [-0.2, 0) is 10.0 Å². The number of carbonyl (C=O) groups is 1. The van der Waals surface area contributed by atoms with E-state index < -0.39 is 15.9 Å². The first-order valence-corrected chi connectivity index (χ1v) is 7.40. The first-order valence-electron chi connectivity index (χ1n) is 5.96. The molecule has 0 bridgehead atoms. The van der Waals surface area contributed by atoms with E-state index in [9.17, 15) is 13.2 Å². The molecule has 8 heteroatoms. The van der Waals surface area contributed by atoms with Crippen LogP contribution in [0.3, 0.4) is 0 Å². The van der Waals surface area contributed by atoms with E-state index >= 15 is 0 Å². The standard InChI is InChI=1S/C12H20N4O3S/c1-15(2)6-7-16(3)20(18,19)11-5-4-9(12(14)17)8-10(11)13/h4-5,8H,6-7,13H2,1-3H3,(H2,14,17). The predicted octanol–water partition coefficient (Wildman–Crippen LogP) is -0.450. The Morgan fingerprint density at radius 1 is 1.20 bits per heavy atom. The summed E-state index contributed by atoms with van der Waals surface area (Å²) in [5, 5.41) is 0. The normalized spacial score (nSPS) is 12.1. The van der Waals surface area contributed by atoms with Gasteiger partial charge in [-0.1, -0.05) is 0 Å². The molecule has 0 radical (unpaired) electrons. The number of sulfonamides is 1. The van der Waals surface area contributed by atoms with Gasteiger partial charge in [0.15, 0.2) is 0 Å². The lowest BCUT2D eigenvalue weighted by Crippen LogP contribution is -2.34. The zero-order valence-corrected chi connectivity index (χ0v) is 12.6. The molecule has 0 heterocycles. The maximum Gasteiger partial charge on any atom is 0.248 e. The second-order valence-electron chi connectivity index (χ2n) is 4.75. The lowest BCUT2D eigenvalue weighted by molar-refractivity contribution is 0.1000. The van der Waals surface area contributed by atoms with Crippen molar-refractivity contribution in [3.8, 4) is 0 Å². The topological polar surface area (TPSA) is 110 Å². The van der Waals surface area contributed by atoms with Gasteiger partial charge in [0.05, 0.1) is 5.69 Å². The van der Waals surface area contributed by atoms with Crippen molar-refractivity contribution in [1.29, 1.82) is 0 Å². The number of nitrogen functional groups attached to an aromatic ring is 1. The van der Waals surface area contributed by atoms with E-state index in [2.05, 4.69) is 0 Å². The summed E-state index contributed by atoms with van der Waals surface area (Å²) in [5.74, 6) is -0.651. The average molecular weight is 300 g/mol. The quantitative estimate of drug-likeness (QED) is 0.691. The molecule has 0 saturated carbocycles. The number of benzene rings is 1. The van der Waals surface area contributed by atoms with Crippen molar-refractivity contribution in [3.63, 3.8) is 0 Å². The van der Waals surface area contributed by atoms with Gasteiger partial charge in [0.2, 0.25) is 15.9 Å². The van der Waals surface area contributed by atoms with E-state index in [-0.39, 0.29) is 16.1 Å². The van der Waals surface area contributed by atoms with Gasteiger partial charge in [-0.25, -0.2) is 8.42 Å². The van der Waals surface area contributed by atoms with Crippen LogP contribution in [-0.4, -0.2) is 57.8 Å². The minimum Gasteiger partial charge on any atom is -0.398 e. The van der Waals surface area contributed by atoms with Crippen LogP contribution in [0, 0.1) is 0 Å². The molecule has 0 spiro atoms. The van der Waals surface area contributed by atoms with Crippen molar-refractivity contribution in [2.24, 2.45) is 5.73 Å². The van der Waals surface area contributed by atoms with Gasteiger partial charge < -0.3 is 16.4 Å². The smallest absolute Gasteiger partial charge is 0.248 e. The van der Waals surface area contributed by atoms with Crippen LogP contribution in [0.4, 0.5) is 5.69 Å². The zero-order valence-electron chi connectivity index (χ0n) is 11.8. The Morgan fingerprint density at radius 2 is 1.80 bits per heavy atom. The molecule has 1 rings (SSSR count). The Morgan fingerprint density at radius 3 is 2.25 bits per heavy atom. The van der Waals surface area contributed by atoms with Crippen LogP contribution >= 0.6 is 0 Å². The van der Waals surface area contributed by atoms with Gasteiger partial charge in [-0.2, -0.15) is 4.31 Å². The Kier molecular flexibility index (Phi) is 5.09. The van der Waals surface area contributed by atoms with Crippen molar-refractivity contribution in [2.45, 2.75) is 4.90 Å². The average Bonchev–Trinajstić information content (AvgIpc) is 2.35. The van der Waals surface area contributed by atoms with Crippen LogP contribution in [0.1, 0.15) is 10.4 Å². The zero-order chi connectivity index (χ0) is 15.5. The first kappa shape index (κ1) is 16.4. The number of carbonyl (C=O) groups excluding carboxylic acids is 1. The minimum atomic E-state index is -3.68. The lowest BCUT2D eigenvalue weighted by atomic mass is 10.2. The molecule has 7 nitrogen and oxygen atoms in total. The third kappa shape index (κ3) is 3.69. The number of primary amides is 1. The molecule has 0 aliphatic heterocycles. The molecule has 1 amide bonds. The van der Waals surface area contributed by atoms with E-state index in [4.69, 9.17) is 11.5 Å². The molecule has 112 valence electrons. The Balaban J connectivity index is 3.06. The van der Waals surface area contributed by atoms with E-state index in [0.29, 0.717) is 13.1 Å². The summed E-state index contributed by atoms with van der Waals surface area (Å²) in [7, 11) is 1.52. The number of nitrogens with zero attached hydrogens (tertiary/aromatic N) is 2. The van der Waals surface area contributed by atoms with Crippen molar-refractivity contribution in [2.75, 3.05) is 40.0 Å². The largest absolute Gasteiger partial charge is 0.398 e. The SMILES string of the molecule is CN(C)CCN(C)S(=O)(=O)c1ccc(C(N)=O)cc1N. The predicted molar refractivity (Wildman–Crippen MR) is 77.7 cm³/mol. The number of anilines is 1. The highest BCUT2D eigenvalue weighted by Gasteiger charge is 2.23. The van der Waals surface area contributed by atoms with Crippen molar-refractivity contribution < 1.29 is 13.2 Å². The van der Waals surface area contributed by atoms with E-state index in [1.807, 2.05) is 19.0 Å². The van der Waals surface area contributed by atoms with Crippen LogP contribution in [0.25, 0.3) is 0 Å². The molecule has 0 aliphatic carbocycles. The van der Waals surface area contributed by atoms with E-state index in [1.54, 1.807) is 0 Å². The van der Waals surface area contributed by atoms with Crippen molar-refractivity contribution in [1.82, 2.24) is 9.21 Å². The molecule has 0 saturated heterocycles. The number of likely N-dealkylation sites (N-methyl/N-ethyl adjacent to an activating group) is 2. The Hall–Kier alpha value is -1.64. The molecule has 0 atom stereocenters. The fraction of sp³-hybridized carbons (Fsp3) is 0.417. The molecule has 0 aromatic heterocycles. The van der Waals surface area contributed by atoms with Gasteiger partial charge in [0, 0.05) is 25.7 Å². The maximum absolute atomic E-state index is 12.4. The van der Waals surface area contributed by atoms with Crippen LogP contribution < -0.4 is 11.5 Å². The number of nitrogens with two attached hydrogens (primary N) is 2.